The number of halogens is 1. The fourth-order valence-corrected chi connectivity index (χ4v) is 5.09. The van der Waals surface area contributed by atoms with Crippen LogP contribution in [-0.2, 0) is 4.79 Å². The topological polar surface area (TPSA) is 29.1 Å². The molecule has 4 unspecified atom stereocenters. The van der Waals surface area contributed by atoms with Crippen LogP contribution in [0.5, 0.6) is 0 Å². The Morgan fingerprint density at radius 1 is 1.26 bits per heavy atom. The van der Waals surface area contributed by atoms with Crippen LogP contribution in [0.3, 0.4) is 0 Å². The molecule has 3 aliphatic rings. The quantitative estimate of drug-likeness (QED) is 0.791. The lowest BCUT2D eigenvalue weighted by atomic mass is 10.0. The van der Waals surface area contributed by atoms with Gasteiger partial charge in [-0.2, -0.15) is 0 Å². The molecule has 2 bridgehead atoms. The maximum absolute atomic E-state index is 12.4. The first-order valence-electron chi connectivity index (χ1n) is 7.22. The molecular weight excluding hydrogens is 349 g/mol. The predicted octanol–water partition coefficient (Wildman–Crippen LogP) is 3.83. The Labute approximate surface area is 127 Å². The molecule has 0 spiro atoms. The third-order valence-electron chi connectivity index (χ3n) is 5.48. The Hall–Kier alpha value is -0.580. The average molecular weight is 367 g/mol. The van der Waals surface area contributed by atoms with Crippen molar-refractivity contribution in [2.75, 3.05) is 5.32 Å². The predicted molar refractivity (Wildman–Crippen MR) is 83.8 cm³/mol. The van der Waals surface area contributed by atoms with Gasteiger partial charge in [0.05, 0.1) is 0 Å². The average Bonchev–Trinajstić information content (AvgIpc) is 2.83. The molecule has 0 aromatic heterocycles. The highest BCUT2D eigenvalue weighted by atomic mass is 127. The van der Waals surface area contributed by atoms with Crippen molar-refractivity contribution in [1.29, 1.82) is 0 Å². The first kappa shape index (κ1) is 12.2. The molecular formula is C16H18INO. The lowest BCUT2D eigenvalue weighted by Crippen LogP contribution is -2.18. The number of fused-ring (bicyclic) bond motifs is 5. The van der Waals surface area contributed by atoms with E-state index in [0.717, 1.165) is 29.4 Å². The molecule has 1 aromatic rings. The van der Waals surface area contributed by atoms with Gasteiger partial charge in [-0.25, -0.2) is 0 Å². The summed E-state index contributed by atoms with van der Waals surface area (Å²) in [6.45, 7) is 2.09. The molecule has 1 aromatic carbocycles. The smallest absolute Gasteiger partial charge is 0.228 e. The van der Waals surface area contributed by atoms with Gasteiger partial charge in [0.2, 0.25) is 5.91 Å². The Morgan fingerprint density at radius 3 is 2.58 bits per heavy atom. The summed E-state index contributed by atoms with van der Waals surface area (Å²) in [7, 11) is 0. The Balaban J connectivity index is 1.47. The van der Waals surface area contributed by atoms with Crippen LogP contribution in [0.1, 0.15) is 24.8 Å². The zero-order valence-electron chi connectivity index (χ0n) is 11.0. The molecule has 0 radical (unpaired) electrons. The summed E-state index contributed by atoms with van der Waals surface area (Å²) in [5.41, 5.74) is 2.22. The minimum Gasteiger partial charge on any atom is -0.326 e. The molecule has 3 heteroatoms. The van der Waals surface area contributed by atoms with Crippen molar-refractivity contribution in [3.05, 3.63) is 27.3 Å². The van der Waals surface area contributed by atoms with Gasteiger partial charge in [-0.15, -0.1) is 0 Å². The maximum atomic E-state index is 12.4. The van der Waals surface area contributed by atoms with Gasteiger partial charge >= 0.3 is 0 Å². The first-order valence-corrected chi connectivity index (χ1v) is 8.30. The van der Waals surface area contributed by atoms with Gasteiger partial charge in [-0.3, -0.25) is 4.79 Å². The number of carbonyl (C=O) groups excluding carboxylic acids is 1. The molecule has 4 rings (SSSR count). The van der Waals surface area contributed by atoms with Crippen LogP contribution in [0.2, 0.25) is 0 Å². The van der Waals surface area contributed by atoms with E-state index in [-0.39, 0.29) is 5.91 Å². The highest BCUT2D eigenvalue weighted by Gasteiger charge is 2.67. The highest BCUT2D eigenvalue weighted by molar-refractivity contribution is 14.1. The van der Waals surface area contributed by atoms with Gasteiger partial charge in [-0.1, -0.05) is 6.07 Å². The van der Waals surface area contributed by atoms with E-state index >= 15 is 0 Å². The van der Waals surface area contributed by atoms with E-state index in [2.05, 4.69) is 47.0 Å². The molecule has 1 N–H and O–H groups in total. The minimum absolute atomic E-state index is 0.270. The standard InChI is InChI=1S/C16H18INO/c1-8-2-5-11(7-12(8)17)18-16(19)15-13-9-3-4-10(6-9)14(13)15/h2,5,7,9-10,13-15H,3-4,6H2,1H3,(H,18,19). The second kappa shape index (κ2) is 4.21. The monoisotopic (exact) mass is 367 g/mol. The number of benzene rings is 1. The number of anilines is 1. The zero-order valence-corrected chi connectivity index (χ0v) is 13.2. The van der Waals surface area contributed by atoms with Crippen LogP contribution >= 0.6 is 22.6 Å². The van der Waals surface area contributed by atoms with E-state index in [4.69, 9.17) is 0 Å². The molecule has 1 amide bonds. The fourth-order valence-electron chi connectivity index (χ4n) is 4.57. The second-order valence-electron chi connectivity index (χ2n) is 6.47. The van der Waals surface area contributed by atoms with Crippen molar-refractivity contribution in [2.45, 2.75) is 26.2 Å². The van der Waals surface area contributed by atoms with Crippen molar-refractivity contribution < 1.29 is 4.79 Å². The fraction of sp³-hybridized carbons (Fsp3) is 0.562. The highest BCUT2D eigenvalue weighted by Crippen LogP contribution is 2.69. The van der Waals surface area contributed by atoms with Crippen molar-refractivity contribution in [2.24, 2.45) is 29.6 Å². The van der Waals surface area contributed by atoms with Crippen LogP contribution in [0.25, 0.3) is 0 Å². The number of aryl methyl sites for hydroxylation is 1. The zero-order chi connectivity index (χ0) is 13.1. The summed E-state index contributed by atoms with van der Waals surface area (Å²) in [5.74, 6) is 3.77. The summed E-state index contributed by atoms with van der Waals surface area (Å²) in [4.78, 5) is 12.4. The summed E-state index contributed by atoms with van der Waals surface area (Å²) in [6.07, 6.45) is 4.15. The largest absolute Gasteiger partial charge is 0.326 e. The number of rotatable bonds is 2. The first-order chi connectivity index (χ1) is 9.15. The minimum atomic E-state index is 0.270. The number of hydrogen-bond donors (Lipinski definition) is 1. The Kier molecular flexibility index (Phi) is 2.70. The molecule has 0 aliphatic heterocycles. The summed E-state index contributed by atoms with van der Waals surface area (Å²) in [6, 6.07) is 6.16. The lowest BCUT2D eigenvalue weighted by molar-refractivity contribution is -0.118. The van der Waals surface area contributed by atoms with Gasteiger partial charge in [0.15, 0.2) is 0 Å². The van der Waals surface area contributed by atoms with Crippen molar-refractivity contribution in [3.63, 3.8) is 0 Å². The molecule has 0 heterocycles. The number of amides is 1. The van der Waals surface area contributed by atoms with Crippen LogP contribution in [-0.4, -0.2) is 5.91 Å². The molecule has 4 atom stereocenters. The third kappa shape index (κ3) is 1.84. The summed E-state index contributed by atoms with van der Waals surface area (Å²) < 4.78 is 1.21. The number of carbonyl (C=O) groups is 1. The molecule has 19 heavy (non-hydrogen) atoms. The van der Waals surface area contributed by atoms with Crippen LogP contribution in [0, 0.1) is 40.1 Å². The Morgan fingerprint density at radius 2 is 1.95 bits per heavy atom. The molecule has 2 nitrogen and oxygen atoms in total. The summed E-state index contributed by atoms with van der Waals surface area (Å²) in [5, 5.41) is 3.13. The summed E-state index contributed by atoms with van der Waals surface area (Å²) >= 11 is 2.32. The van der Waals surface area contributed by atoms with Crippen molar-refractivity contribution in [1.82, 2.24) is 0 Å². The number of nitrogens with one attached hydrogen (secondary N) is 1. The van der Waals surface area contributed by atoms with E-state index in [1.54, 1.807) is 0 Å². The van der Waals surface area contributed by atoms with Crippen LogP contribution in [0.4, 0.5) is 5.69 Å². The van der Waals surface area contributed by atoms with Gasteiger partial charge < -0.3 is 5.32 Å². The second-order valence-corrected chi connectivity index (χ2v) is 7.63. The maximum Gasteiger partial charge on any atom is 0.228 e. The lowest BCUT2D eigenvalue weighted by Gasteiger charge is -2.10. The van der Waals surface area contributed by atoms with Crippen molar-refractivity contribution in [3.8, 4) is 0 Å². The van der Waals surface area contributed by atoms with Crippen molar-refractivity contribution >= 4 is 34.2 Å². The Bertz CT molecular complexity index is 540. The van der Waals surface area contributed by atoms with Gasteiger partial charge in [0.25, 0.3) is 0 Å². The number of hydrogen-bond acceptors (Lipinski definition) is 1. The normalized spacial score (nSPS) is 38.1. The molecule has 100 valence electrons. The SMILES string of the molecule is Cc1ccc(NC(=O)C2C3C4CCC(C4)C23)cc1I. The van der Waals surface area contributed by atoms with Gasteiger partial charge in [-0.05, 0) is 90.1 Å². The van der Waals surface area contributed by atoms with E-state index in [1.165, 1.54) is 28.4 Å². The van der Waals surface area contributed by atoms with E-state index in [9.17, 15) is 4.79 Å². The van der Waals surface area contributed by atoms with E-state index in [0.29, 0.717) is 5.92 Å². The van der Waals surface area contributed by atoms with E-state index < -0.39 is 0 Å². The molecule has 3 saturated carbocycles. The van der Waals surface area contributed by atoms with E-state index in [1.807, 2.05) is 6.07 Å². The molecule has 3 fully saturated rings. The third-order valence-corrected chi connectivity index (χ3v) is 6.64. The molecule has 3 aliphatic carbocycles. The van der Waals surface area contributed by atoms with Gasteiger partial charge in [0.1, 0.15) is 0 Å². The van der Waals surface area contributed by atoms with Gasteiger partial charge in [0, 0.05) is 15.2 Å². The van der Waals surface area contributed by atoms with Crippen LogP contribution in [0.15, 0.2) is 18.2 Å². The van der Waals surface area contributed by atoms with Crippen LogP contribution < -0.4 is 5.32 Å². The molecule has 0 saturated heterocycles.